The summed E-state index contributed by atoms with van der Waals surface area (Å²) in [5, 5.41) is 1.23. The zero-order chi connectivity index (χ0) is 14.2. The van der Waals surface area contributed by atoms with Crippen molar-refractivity contribution in [1.29, 1.82) is 0 Å². The highest BCUT2D eigenvalue weighted by molar-refractivity contribution is 5.94. The quantitative estimate of drug-likeness (QED) is 0.658. The van der Waals surface area contributed by atoms with E-state index in [1.807, 2.05) is 12.3 Å². The molecule has 1 aromatic heterocycles. The van der Waals surface area contributed by atoms with E-state index in [0.29, 0.717) is 0 Å². The molecule has 104 valence electrons. The van der Waals surface area contributed by atoms with Gasteiger partial charge in [-0.1, -0.05) is 24.3 Å². The second kappa shape index (κ2) is 4.88. The molecule has 0 amide bonds. The molecule has 0 fully saturated rings. The Bertz CT molecular complexity index is 802. The van der Waals surface area contributed by atoms with Crippen molar-refractivity contribution in [3.63, 3.8) is 0 Å². The van der Waals surface area contributed by atoms with Crippen molar-refractivity contribution in [2.45, 2.75) is 12.8 Å². The van der Waals surface area contributed by atoms with Crippen LogP contribution in [0.4, 0.5) is 5.69 Å². The monoisotopic (exact) mass is 274 g/mol. The van der Waals surface area contributed by atoms with Crippen molar-refractivity contribution in [2.75, 3.05) is 18.5 Å². The summed E-state index contributed by atoms with van der Waals surface area (Å²) >= 11 is 0. The third-order valence-electron chi connectivity index (χ3n) is 4.39. The summed E-state index contributed by atoms with van der Waals surface area (Å²) in [5.74, 6) is 0. The third kappa shape index (κ3) is 2.07. The Hall–Kier alpha value is -2.35. The van der Waals surface area contributed by atoms with Crippen LogP contribution in [0.15, 0.2) is 54.7 Å². The number of benzene rings is 2. The van der Waals surface area contributed by atoms with E-state index in [1.165, 1.54) is 40.6 Å². The third-order valence-corrected chi connectivity index (χ3v) is 4.39. The fourth-order valence-electron chi connectivity index (χ4n) is 3.30. The molecule has 2 heterocycles. The van der Waals surface area contributed by atoms with Crippen LogP contribution in [0.3, 0.4) is 0 Å². The van der Waals surface area contributed by atoms with Gasteiger partial charge in [0.05, 0.1) is 5.52 Å². The van der Waals surface area contributed by atoms with Crippen molar-refractivity contribution in [3.05, 3.63) is 60.3 Å². The molecule has 1 aliphatic heterocycles. The Morgan fingerprint density at radius 2 is 1.95 bits per heavy atom. The van der Waals surface area contributed by atoms with Gasteiger partial charge in [0.25, 0.3) is 0 Å². The first kappa shape index (κ1) is 12.4. The first-order chi connectivity index (χ1) is 10.3. The van der Waals surface area contributed by atoms with Crippen LogP contribution in [0.25, 0.3) is 22.0 Å². The first-order valence-electron chi connectivity index (χ1n) is 7.51. The minimum Gasteiger partial charge on any atom is -0.374 e. The first-order valence-corrected chi connectivity index (χ1v) is 7.51. The SMILES string of the molecule is CN1CCCc2cc(-c3ccnc4ccccc34)ccc21. The maximum atomic E-state index is 4.46. The lowest BCUT2D eigenvalue weighted by molar-refractivity contribution is 0.745. The number of para-hydroxylation sites is 1. The second-order valence-electron chi connectivity index (χ2n) is 5.74. The van der Waals surface area contributed by atoms with Gasteiger partial charge < -0.3 is 4.90 Å². The number of aryl methyl sites for hydroxylation is 1. The predicted octanol–water partition coefficient (Wildman–Crippen LogP) is 4.28. The van der Waals surface area contributed by atoms with E-state index in [9.17, 15) is 0 Å². The average Bonchev–Trinajstić information content (AvgIpc) is 2.54. The number of nitrogens with zero attached hydrogens (tertiary/aromatic N) is 2. The van der Waals surface area contributed by atoms with Gasteiger partial charge in [0, 0.05) is 30.9 Å². The Labute approximate surface area is 125 Å². The molecule has 0 unspecified atom stereocenters. The molecule has 2 nitrogen and oxygen atoms in total. The molecule has 0 saturated heterocycles. The average molecular weight is 274 g/mol. The van der Waals surface area contributed by atoms with Gasteiger partial charge >= 0.3 is 0 Å². The minimum atomic E-state index is 1.06. The van der Waals surface area contributed by atoms with Gasteiger partial charge in [-0.15, -0.1) is 0 Å². The molecule has 21 heavy (non-hydrogen) atoms. The highest BCUT2D eigenvalue weighted by atomic mass is 15.1. The maximum absolute atomic E-state index is 4.46. The summed E-state index contributed by atoms with van der Waals surface area (Å²) in [6.45, 7) is 1.16. The molecule has 0 aliphatic carbocycles. The molecule has 0 spiro atoms. The van der Waals surface area contributed by atoms with Crippen LogP contribution in [-0.2, 0) is 6.42 Å². The van der Waals surface area contributed by atoms with Crippen LogP contribution in [0.5, 0.6) is 0 Å². The van der Waals surface area contributed by atoms with Gasteiger partial charge in [0.15, 0.2) is 0 Å². The lowest BCUT2D eigenvalue weighted by Gasteiger charge is -2.28. The molecule has 0 atom stereocenters. The lowest BCUT2D eigenvalue weighted by Crippen LogP contribution is -2.24. The molecule has 2 heteroatoms. The van der Waals surface area contributed by atoms with Crippen LogP contribution in [0.1, 0.15) is 12.0 Å². The minimum absolute atomic E-state index is 1.06. The predicted molar refractivity (Wildman–Crippen MR) is 88.8 cm³/mol. The summed E-state index contributed by atoms with van der Waals surface area (Å²) in [5.41, 5.74) is 6.47. The number of fused-ring (bicyclic) bond motifs is 2. The van der Waals surface area contributed by atoms with Crippen LogP contribution in [0, 0.1) is 0 Å². The van der Waals surface area contributed by atoms with Crippen LogP contribution < -0.4 is 4.90 Å². The topological polar surface area (TPSA) is 16.1 Å². The van der Waals surface area contributed by atoms with E-state index in [1.54, 1.807) is 0 Å². The smallest absolute Gasteiger partial charge is 0.0708 e. The Morgan fingerprint density at radius 3 is 2.90 bits per heavy atom. The Morgan fingerprint density at radius 1 is 1.05 bits per heavy atom. The zero-order valence-electron chi connectivity index (χ0n) is 12.2. The van der Waals surface area contributed by atoms with Crippen molar-refractivity contribution in [1.82, 2.24) is 4.98 Å². The molecular weight excluding hydrogens is 256 g/mol. The summed E-state index contributed by atoms with van der Waals surface area (Å²) in [6.07, 6.45) is 4.32. The molecule has 0 bridgehead atoms. The summed E-state index contributed by atoms with van der Waals surface area (Å²) in [6, 6.07) is 17.3. The van der Waals surface area contributed by atoms with Crippen molar-refractivity contribution in [2.24, 2.45) is 0 Å². The van der Waals surface area contributed by atoms with Gasteiger partial charge in [0.2, 0.25) is 0 Å². The fourth-order valence-corrected chi connectivity index (χ4v) is 3.30. The van der Waals surface area contributed by atoms with E-state index >= 15 is 0 Å². The molecule has 3 aromatic rings. The van der Waals surface area contributed by atoms with E-state index in [0.717, 1.165) is 12.1 Å². The molecule has 0 N–H and O–H groups in total. The van der Waals surface area contributed by atoms with Gasteiger partial charge in [-0.25, -0.2) is 0 Å². The second-order valence-corrected chi connectivity index (χ2v) is 5.74. The van der Waals surface area contributed by atoms with Gasteiger partial charge in [-0.2, -0.15) is 0 Å². The van der Waals surface area contributed by atoms with Crippen LogP contribution in [0.2, 0.25) is 0 Å². The lowest BCUT2D eigenvalue weighted by atomic mass is 9.95. The fraction of sp³-hybridized carbons (Fsp3) is 0.211. The molecule has 4 rings (SSSR count). The highest BCUT2D eigenvalue weighted by Gasteiger charge is 2.14. The van der Waals surface area contributed by atoms with Gasteiger partial charge in [-0.05, 0) is 53.8 Å². The summed E-state index contributed by atoms with van der Waals surface area (Å²) in [4.78, 5) is 6.81. The standard InChI is InChI=1S/C19H18N2/c1-21-12-4-5-15-13-14(8-9-19(15)21)16-10-11-20-18-7-3-2-6-17(16)18/h2-3,6-11,13H,4-5,12H2,1H3. The number of anilines is 1. The molecule has 0 saturated carbocycles. The van der Waals surface area contributed by atoms with Crippen LogP contribution in [-0.4, -0.2) is 18.6 Å². The van der Waals surface area contributed by atoms with E-state index < -0.39 is 0 Å². The molecule has 0 radical (unpaired) electrons. The number of rotatable bonds is 1. The van der Waals surface area contributed by atoms with Gasteiger partial charge in [-0.3, -0.25) is 4.98 Å². The summed E-state index contributed by atoms with van der Waals surface area (Å²) < 4.78 is 0. The Balaban J connectivity index is 1.89. The maximum Gasteiger partial charge on any atom is 0.0708 e. The van der Waals surface area contributed by atoms with Gasteiger partial charge in [0.1, 0.15) is 0 Å². The number of aromatic nitrogens is 1. The van der Waals surface area contributed by atoms with E-state index in [4.69, 9.17) is 0 Å². The number of pyridine rings is 1. The molecule has 2 aromatic carbocycles. The highest BCUT2D eigenvalue weighted by Crippen LogP contribution is 2.33. The summed E-state index contributed by atoms with van der Waals surface area (Å²) in [7, 11) is 2.18. The van der Waals surface area contributed by atoms with Crippen molar-refractivity contribution < 1.29 is 0 Å². The largest absolute Gasteiger partial charge is 0.374 e. The van der Waals surface area contributed by atoms with Crippen molar-refractivity contribution in [3.8, 4) is 11.1 Å². The van der Waals surface area contributed by atoms with E-state index in [-0.39, 0.29) is 0 Å². The molecule has 1 aliphatic rings. The van der Waals surface area contributed by atoms with Crippen molar-refractivity contribution >= 4 is 16.6 Å². The normalized spacial score (nSPS) is 14.2. The Kier molecular flexibility index (Phi) is 2.88. The number of hydrogen-bond acceptors (Lipinski definition) is 2. The van der Waals surface area contributed by atoms with E-state index in [2.05, 4.69) is 59.4 Å². The molecular formula is C19H18N2. The zero-order valence-corrected chi connectivity index (χ0v) is 12.2. The number of hydrogen-bond donors (Lipinski definition) is 0. The van der Waals surface area contributed by atoms with Crippen LogP contribution >= 0.6 is 0 Å².